The smallest absolute Gasteiger partial charge is 0.238 e. The van der Waals surface area contributed by atoms with Crippen molar-refractivity contribution in [2.75, 3.05) is 4.90 Å². The van der Waals surface area contributed by atoms with Crippen molar-refractivity contribution in [3.63, 3.8) is 0 Å². The van der Waals surface area contributed by atoms with Crippen molar-refractivity contribution < 1.29 is 8.42 Å². The molecule has 0 fully saturated rings. The van der Waals surface area contributed by atoms with Crippen LogP contribution >= 0.6 is 22.7 Å². The van der Waals surface area contributed by atoms with Crippen LogP contribution in [-0.2, 0) is 23.1 Å². The van der Waals surface area contributed by atoms with Crippen LogP contribution in [0.5, 0.6) is 0 Å². The van der Waals surface area contributed by atoms with Gasteiger partial charge in [0.25, 0.3) is 0 Å². The van der Waals surface area contributed by atoms with Gasteiger partial charge < -0.3 is 4.90 Å². The Labute approximate surface area is 142 Å². The van der Waals surface area contributed by atoms with E-state index in [-0.39, 0.29) is 4.90 Å². The maximum Gasteiger partial charge on any atom is 0.238 e. The first-order chi connectivity index (χ1) is 11.0. The Morgan fingerprint density at radius 2 is 1.48 bits per heavy atom. The lowest BCUT2D eigenvalue weighted by molar-refractivity contribution is 0.598. The number of anilines is 1. The monoisotopic (exact) mass is 366 g/mol. The molecule has 1 aromatic carbocycles. The average Bonchev–Trinajstić information content (AvgIpc) is 3.19. The van der Waals surface area contributed by atoms with E-state index >= 15 is 0 Å². The first-order valence-electron chi connectivity index (χ1n) is 6.67. The summed E-state index contributed by atoms with van der Waals surface area (Å²) in [4.78, 5) is 10.8. The Kier molecular flexibility index (Phi) is 4.71. The van der Waals surface area contributed by atoms with Gasteiger partial charge in [-0.1, -0.05) is 0 Å². The molecule has 0 saturated carbocycles. The fraction of sp³-hybridized carbons (Fsp3) is 0.143. The molecule has 2 N–H and O–H groups in total. The summed E-state index contributed by atoms with van der Waals surface area (Å²) in [7, 11) is -3.68. The second-order valence-corrected chi connectivity index (χ2v) is 8.27. The predicted octanol–water partition coefficient (Wildman–Crippen LogP) is 2.45. The van der Waals surface area contributed by atoms with Gasteiger partial charge in [-0.2, -0.15) is 0 Å². The molecule has 0 aliphatic carbocycles. The number of nitrogens with two attached hydrogens (primary N) is 1. The molecule has 0 spiro atoms. The molecule has 0 radical (unpaired) electrons. The number of benzene rings is 1. The Bertz CT molecular complexity index is 808. The van der Waals surface area contributed by atoms with Crippen LogP contribution in [0.25, 0.3) is 0 Å². The molecule has 6 nitrogen and oxygen atoms in total. The van der Waals surface area contributed by atoms with E-state index in [1.807, 2.05) is 10.8 Å². The highest BCUT2D eigenvalue weighted by Crippen LogP contribution is 2.23. The fourth-order valence-corrected chi connectivity index (χ4v) is 3.85. The zero-order valence-electron chi connectivity index (χ0n) is 12.0. The van der Waals surface area contributed by atoms with E-state index in [4.69, 9.17) is 5.14 Å². The lowest BCUT2D eigenvalue weighted by atomic mass is 10.3. The Morgan fingerprint density at radius 3 is 1.87 bits per heavy atom. The fourth-order valence-electron chi connectivity index (χ4n) is 2.07. The lowest BCUT2D eigenvalue weighted by Crippen LogP contribution is -2.22. The number of sulfonamides is 1. The SMILES string of the molecule is NS(=O)(=O)c1ccc(N(Cc2nccs2)Cc2nccs2)cc1. The Balaban J connectivity index is 1.87. The van der Waals surface area contributed by atoms with Gasteiger partial charge in [-0.15, -0.1) is 22.7 Å². The number of rotatable bonds is 6. The Hall–Kier alpha value is -1.81. The maximum atomic E-state index is 11.4. The summed E-state index contributed by atoms with van der Waals surface area (Å²) in [5.74, 6) is 0. The second-order valence-electron chi connectivity index (χ2n) is 4.75. The van der Waals surface area contributed by atoms with Crippen molar-refractivity contribution in [2.24, 2.45) is 5.14 Å². The first-order valence-corrected chi connectivity index (χ1v) is 9.97. The van der Waals surface area contributed by atoms with Gasteiger partial charge in [0.2, 0.25) is 10.0 Å². The molecule has 23 heavy (non-hydrogen) atoms. The van der Waals surface area contributed by atoms with E-state index in [1.54, 1.807) is 47.2 Å². The van der Waals surface area contributed by atoms with Gasteiger partial charge in [0.05, 0.1) is 18.0 Å². The third-order valence-electron chi connectivity index (χ3n) is 3.15. The van der Waals surface area contributed by atoms with Crippen molar-refractivity contribution in [1.82, 2.24) is 9.97 Å². The maximum absolute atomic E-state index is 11.4. The molecule has 0 amide bonds. The summed E-state index contributed by atoms with van der Waals surface area (Å²) < 4.78 is 22.7. The molecule has 0 saturated heterocycles. The van der Waals surface area contributed by atoms with Gasteiger partial charge in [-0.3, -0.25) is 0 Å². The molecule has 2 aromatic heterocycles. The molecule has 0 atom stereocenters. The molecular formula is C14H14N4O2S3. The quantitative estimate of drug-likeness (QED) is 0.724. The van der Waals surface area contributed by atoms with E-state index in [1.165, 1.54) is 12.1 Å². The van der Waals surface area contributed by atoms with Crippen LogP contribution < -0.4 is 10.0 Å². The minimum Gasteiger partial charge on any atom is -0.358 e. The molecule has 0 bridgehead atoms. The first kappa shape index (κ1) is 16.1. The van der Waals surface area contributed by atoms with Gasteiger partial charge in [0.15, 0.2) is 0 Å². The highest BCUT2D eigenvalue weighted by Gasteiger charge is 2.13. The molecule has 9 heteroatoms. The summed E-state index contributed by atoms with van der Waals surface area (Å²) in [5.41, 5.74) is 0.891. The summed E-state index contributed by atoms with van der Waals surface area (Å²) in [6.07, 6.45) is 3.54. The zero-order chi connectivity index (χ0) is 16.3. The van der Waals surface area contributed by atoms with E-state index in [9.17, 15) is 8.42 Å². The van der Waals surface area contributed by atoms with Crippen LogP contribution in [-0.4, -0.2) is 18.4 Å². The van der Waals surface area contributed by atoms with E-state index in [2.05, 4.69) is 14.9 Å². The highest BCUT2D eigenvalue weighted by molar-refractivity contribution is 7.89. The van der Waals surface area contributed by atoms with Crippen LogP contribution in [0.15, 0.2) is 52.3 Å². The number of hydrogen-bond acceptors (Lipinski definition) is 7. The van der Waals surface area contributed by atoms with Gasteiger partial charge >= 0.3 is 0 Å². The number of hydrogen-bond donors (Lipinski definition) is 1. The van der Waals surface area contributed by atoms with Gasteiger partial charge in [-0.05, 0) is 24.3 Å². The second kappa shape index (κ2) is 6.75. The molecule has 2 heterocycles. The highest BCUT2D eigenvalue weighted by atomic mass is 32.2. The molecule has 0 unspecified atom stereocenters. The molecule has 3 aromatic rings. The molecule has 120 valence electrons. The Morgan fingerprint density at radius 1 is 0.957 bits per heavy atom. The van der Waals surface area contributed by atoms with E-state index in [0.717, 1.165) is 15.7 Å². The summed E-state index contributed by atoms with van der Waals surface area (Å²) in [6, 6.07) is 6.53. The van der Waals surface area contributed by atoms with Crippen LogP contribution in [0.4, 0.5) is 5.69 Å². The number of aromatic nitrogens is 2. The minimum atomic E-state index is -3.68. The van der Waals surface area contributed by atoms with E-state index < -0.39 is 10.0 Å². The van der Waals surface area contributed by atoms with Gasteiger partial charge in [0, 0.05) is 28.8 Å². The molecule has 0 aliphatic rings. The third kappa shape index (κ3) is 4.14. The van der Waals surface area contributed by atoms with Gasteiger partial charge in [0.1, 0.15) is 10.0 Å². The van der Waals surface area contributed by atoms with Crippen LogP contribution in [0.1, 0.15) is 10.0 Å². The van der Waals surface area contributed by atoms with Crippen molar-refractivity contribution >= 4 is 38.4 Å². The third-order valence-corrected chi connectivity index (χ3v) is 5.61. The number of thiazole rings is 2. The minimum absolute atomic E-state index is 0.102. The van der Waals surface area contributed by atoms with Gasteiger partial charge in [-0.25, -0.2) is 23.5 Å². The largest absolute Gasteiger partial charge is 0.358 e. The topological polar surface area (TPSA) is 89.2 Å². The standard InChI is InChI=1S/C14H14N4O2S3/c15-23(19,20)12-3-1-11(2-4-12)18(9-13-16-5-7-21-13)10-14-17-6-8-22-14/h1-8H,9-10H2,(H2,15,19,20). The molecule has 0 aliphatic heterocycles. The number of primary sulfonamides is 1. The van der Waals surface area contributed by atoms with Crippen molar-refractivity contribution in [3.8, 4) is 0 Å². The molecule has 3 rings (SSSR count). The van der Waals surface area contributed by atoms with E-state index in [0.29, 0.717) is 13.1 Å². The normalized spacial score (nSPS) is 11.5. The van der Waals surface area contributed by atoms with Crippen LogP contribution in [0, 0.1) is 0 Å². The summed E-state index contributed by atoms with van der Waals surface area (Å²) in [5, 5.41) is 11.0. The van der Waals surface area contributed by atoms with Crippen LogP contribution in [0.2, 0.25) is 0 Å². The average molecular weight is 366 g/mol. The summed E-state index contributed by atoms with van der Waals surface area (Å²) in [6.45, 7) is 1.26. The zero-order valence-corrected chi connectivity index (χ0v) is 14.4. The lowest BCUT2D eigenvalue weighted by Gasteiger charge is -2.23. The predicted molar refractivity (Wildman–Crippen MR) is 91.9 cm³/mol. The van der Waals surface area contributed by atoms with Crippen molar-refractivity contribution in [1.29, 1.82) is 0 Å². The van der Waals surface area contributed by atoms with Crippen molar-refractivity contribution in [3.05, 3.63) is 57.4 Å². The molecular weight excluding hydrogens is 352 g/mol. The van der Waals surface area contributed by atoms with Crippen molar-refractivity contribution in [2.45, 2.75) is 18.0 Å². The number of nitrogens with zero attached hydrogens (tertiary/aromatic N) is 3. The van der Waals surface area contributed by atoms with Crippen LogP contribution in [0.3, 0.4) is 0 Å². The summed E-state index contributed by atoms with van der Waals surface area (Å²) >= 11 is 3.16.